The molecular formula is C18H19N5O4S2. The lowest BCUT2D eigenvalue weighted by atomic mass is 10.1. The second-order valence-electron chi connectivity index (χ2n) is 5.71. The van der Waals surface area contributed by atoms with Gasteiger partial charge < -0.3 is 19.8 Å². The Labute approximate surface area is 175 Å². The number of hydrogen-bond donors (Lipinski definition) is 1. The van der Waals surface area contributed by atoms with Crippen molar-refractivity contribution in [2.75, 3.05) is 20.0 Å². The molecule has 3 aromatic rings. The molecule has 0 atom stereocenters. The predicted octanol–water partition coefficient (Wildman–Crippen LogP) is 2.87. The summed E-state index contributed by atoms with van der Waals surface area (Å²) < 4.78 is 11.6. The minimum Gasteiger partial charge on any atom is -0.465 e. The van der Waals surface area contributed by atoms with E-state index in [2.05, 4.69) is 15.2 Å². The van der Waals surface area contributed by atoms with Crippen LogP contribution in [0, 0.1) is 0 Å². The van der Waals surface area contributed by atoms with Gasteiger partial charge in [0.05, 0.1) is 19.8 Å². The van der Waals surface area contributed by atoms with Crippen molar-refractivity contribution in [2.45, 2.75) is 24.4 Å². The Morgan fingerprint density at radius 2 is 1.86 bits per heavy atom. The smallest absolute Gasteiger partial charge is 0.348 e. The molecule has 0 aromatic carbocycles. The lowest BCUT2D eigenvalue weighted by Gasteiger charge is -2.08. The second-order valence-corrected chi connectivity index (χ2v) is 7.70. The predicted molar refractivity (Wildman–Crippen MR) is 110 cm³/mol. The summed E-state index contributed by atoms with van der Waals surface area (Å²) in [6.45, 7) is 2.63. The molecule has 0 spiro atoms. The second kappa shape index (κ2) is 9.05. The lowest BCUT2D eigenvalue weighted by molar-refractivity contribution is 0.0601. The van der Waals surface area contributed by atoms with E-state index in [1.165, 1.54) is 26.0 Å². The zero-order valence-corrected chi connectivity index (χ0v) is 17.7. The number of rotatable bonds is 7. The molecule has 0 fully saturated rings. The topological polar surface area (TPSA) is 122 Å². The summed E-state index contributed by atoms with van der Waals surface area (Å²) in [5.41, 5.74) is 7.52. The Kier molecular flexibility index (Phi) is 6.49. The van der Waals surface area contributed by atoms with E-state index in [0.717, 1.165) is 16.9 Å². The number of ether oxygens (including phenoxy) is 2. The first-order valence-corrected chi connectivity index (χ1v) is 10.4. The molecule has 0 amide bonds. The number of esters is 2. The number of anilines is 1. The van der Waals surface area contributed by atoms with Gasteiger partial charge in [-0.3, -0.25) is 4.98 Å². The van der Waals surface area contributed by atoms with Gasteiger partial charge in [-0.25, -0.2) is 9.59 Å². The molecule has 0 aliphatic heterocycles. The summed E-state index contributed by atoms with van der Waals surface area (Å²) in [6.07, 6.45) is 3.38. The number of thiophene rings is 1. The van der Waals surface area contributed by atoms with E-state index in [1.807, 2.05) is 23.6 Å². The monoisotopic (exact) mass is 433 g/mol. The van der Waals surface area contributed by atoms with E-state index >= 15 is 0 Å². The third kappa shape index (κ3) is 4.10. The summed E-state index contributed by atoms with van der Waals surface area (Å²) in [5.74, 6) is -0.165. The van der Waals surface area contributed by atoms with Gasteiger partial charge in [0.25, 0.3) is 0 Å². The van der Waals surface area contributed by atoms with Crippen molar-refractivity contribution in [3.63, 3.8) is 0 Å². The Hall–Kier alpha value is -2.92. The first-order valence-electron chi connectivity index (χ1n) is 8.55. The maximum absolute atomic E-state index is 12.2. The van der Waals surface area contributed by atoms with Crippen LogP contribution in [0.5, 0.6) is 0 Å². The molecule has 11 heteroatoms. The molecule has 0 saturated heterocycles. The fourth-order valence-corrected chi connectivity index (χ4v) is 4.85. The Balaban J connectivity index is 1.95. The molecule has 0 bridgehead atoms. The first kappa shape index (κ1) is 20.8. The molecule has 0 saturated carbocycles. The van der Waals surface area contributed by atoms with Gasteiger partial charge >= 0.3 is 11.9 Å². The van der Waals surface area contributed by atoms with Crippen LogP contribution >= 0.6 is 23.1 Å². The first-order chi connectivity index (χ1) is 14.0. The fourth-order valence-electron chi connectivity index (χ4n) is 2.74. The third-order valence-electron chi connectivity index (χ3n) is 4.11. The zero-order chi connectivity index (χ0) is 21.0. The van der Waals surface area contributed by atoms with Gasteiger partial charge in [0.15, 0.2) is 11.0 Å². The van der Waals surface area contributed by atoms with E-state index in [9.17, 15) is 9.59 Å². The number of aromatic nitrogens is 4. The third-order valence-corrected chi connectivity index (χ3v) is 6.15. The molecule has 152 valence electrons. The van der Waals surface area contributed by atoms with Gasteiger partial charge in [0.1, 0.15) is 9.88 Å². The summed E-state index contributed by atoms with van der Waals surface area (Å²) in [4.78, 5) is 28.7. The molecule has 0 aliphatic carbocycles. The Morgan fingerprint density at radius 1 is 1.17 bits per heavy atom. The number of carbonyl (C=O) groups is 2. The highest BCUT2D eigenvalue weighted by atomic mass is 32.2. The normalized spacial score (nSPS) is 10.7. The van der Waals surface area contributed by atoms with Crippen molar-refractivity contribution in [3.8, 4) is 11.4 Å². The number of nitrogens with zero attached hydrogens (tertiary/aromatic N) is 4. The quantitative estimate of drug-likeness (QED) is 0.442. The van der Waals surface area contributed by atoms with Gasteiger partial charge in [0, 0.05) is 35.8 Å². The SMILES string of the molecule is CCn1c(SCc2c(C(=O)OC)sc(N)c2C(=O)OC)nnc1-c1ccncc1. The highest BCUT2D eigenvalue weighted by Crippen LogP contribution is 2.36. The maximum Gasteiger partial charge on any atom is 0.348 e. The number of pyridine rings is 1. The van der Waals surface area contributed by atoms with Crippen LogP contribution in [0.4, 0.5) is 5.00 Å². The largest absolute Gasteiger partial charge is 0.465 e. The summed E-state index contributed by atoms with van der Waals surface area (Å²) in [6, 6.07) is 3.71. The minimum atomic E-state index is -0.598. The molecule has 0 radical (unpaired) electrons. The summed E-state index contributed by atoms with van der Waals surface area (Å²) in [5, 5.41) is 9.41. The maximum atomic E-state index is 12.2. The van der Waals surface area contributed by atoms with Gasteiger partial charge in [-0.1, -0.05) is 11.8 Å². The number of thioether (sulfide) groups is 1. The fraction of sp³-hybridized carbons (Fsp3) is 0.278. The van der Waals surface area contributed by atoms with Crippen molar-refractivity contribution in [2.24, 2.45) is 0 Å². The highest BCUT2D eigenvalue weighted by Gasteiger charge is 2.27. The van der Waals surface area contributed by atoms with Crippen molar-refractivity contribution in [1.82, 2.24) is 19.7 Å². The van der Waals surface area contributed by atoms with Crippen molar-refractivity contribution < 1.29 is 19.1 Å². The number of nitrogens with two attached hydrogens (primary N) is 1. The Bertz CT molecular complexity index is 1030. The minimum absolute atomic E-state index is 0.183. The van der Waals surface area contributed by atoms with E-state index in [1.54, 1.807) is 12.4 Å². The van der Waals surface area contributed by atoms with E-state index < -0.39 is 11.9 Å². The zero-order valence-electron chi connectivity index (χ0n) is 16.0. The van der Waals surface area contributed by atoms with Crippen LogP contribution in [0.1, 0.15) is 32.5 Å². The molecule has 29 heavy (non-hydrogen) atoms. The molecular weight excluding hydrogens is 414 g/mol. The van der Waals surface area contributed by atoms with Crippen LogP contribution in [-0.2, 0) is 21.8 Å². The summed E-state index contributed by atoms with van der Waals surface area (Å²) in [7, 11) is 2.55. The van der Waals surface area contributed by atoms with Crippen LogP contribution in [0.2, 0.25) is 0 Å². The van der Waals surface area contributed by atoms with E-state index in [0.29, 0.717) is 23.1 Å². The molecule has 3 heterocycles. The van der Waals surface area contributed by atoms with Gasteiger partial charge in [-0.05, 0) is 19.1 Å². The number of hydrogen-bond acceptors (Lipinski definition) is 10. The van der Waals surface area contributed by atoms with E-state index in [-0.39, 0.29) is 21.2 Å². The molecule has 3 aromatic heterocycles. The molecule has 0 unspecified atom stereocenters. The van der Waals surface area contributed by atoms with Gasteiger partial charge in [-0.2, -0.15) is 0 Å². The van der Waals surface area contributed by atoms with Crippen LogP contribution in [-0.4, -0.2) is 45.9 Å². The van der Waals surface area contributed by atoms with Crippen LogP contribution in [0.3, 0.4) is 0 Å². The standard InChI is InChI=1S/C18H19N5O4S2/c1-4-23-15(10-5-7-20-8-6-10)21-22-18(23)28-9-11-12(16(24)26-2)14(19)29-13(11)17(25)27-3/h5-8H,4,9,19H2,1-3H3. The van der Waals surface area contributed by atoms with Gasteiger partial charge in [0.2, 0.25) is 0 Å². The molecule has 9 nitrogen and oxygen atoms in total. The number of methoxy groups -OCH3 is 2. The van der Waals surface area contributed by atoms with Crippen molar-refractivity contribution in [1.29, 1.82) is 0 Å². The number of nitrogen functional groups attached to an aromatic ring is 1. The molecule has 0 aliphatic rings. The van der Waals surface area contributed by atoms with Crippen molar-refractivity contribution >= 4 is 40.0 Å². The Morgan fingerprint density at radius 3 is 2.48 bits per heavy atom. The average Bonchev–Trinajstić information content (AvgIpc) is 3.31. The molecule has 2 N–H and O–H groups in total. The van der Waals surface area contributed by atoms with Crippen LogP contribution in [0.25, 0.3) is 11.4 Å². The molecule has 3 rings (SSSR count). The van der Waals surface area contributed by atoms with E-state index in [4.69, 9.17) is 15.2 Å². The highest BCUT2D eigenvalue weighted by molar-refractivity contribution is 7.98. The number of carbonyl (C=O) groups excluding carboxylic acids is 2. The van der Waals surface area contributed by atoms with Crippen LogP contribution < -0.4 is 5.73 Å². The van der Waals surface area contributed by atoms with Gasteiger partial charge in [-0.15, -0.1) is 21.5 Å². The summed E-state index contributed by atoms with van der Waals surface area (Å²) >= 11 is 2.35. The van der Waals surface area contributed by atoms with Crippen LogP contribution in [0.15, 0.2) is 29.7 Å². The average molecular weight is 434 g/mol. The van der Waals surface area contributed by atoms with Crippen molar-refractivity contribution in [3.05, 3.63) is 40.5 Å². The lowest BCUT2D eigenvalue weighted by Crippen LogP contribution is -2.09.